The number of nitrogens with two attached hydrogens (primary N) is 1. The minimum absolute atomic E-state index is 0.114. The highest BCUT2D eigenvalue weighted by Gasteiger charge is 2.59. The number of amides is 1. The number of ether oxygens (including phenoxy) is 1. The molecule has 3 N–H and O–H groups in total. The molecule has 3 aliphatic heterocycles. The summed E-state index contributed by atoms with van der Waals surface area (Å²) in [5.41, 5.74) is 5.84. The van der Waals surface area contributed by atoms with Crippen LogP contribution in [0.15, 0.2) is 34.7 Å². The molecule has 0 aliphatic carbocycles. The fraction of sp³-hybridized carbons (Fsp3) is 0.593. The summed E-state index contributed by atoms with van der Waals surface area (Å²) in [7, 11) is -3.48. The number of Topliss-reactive ketones (excluding diaryl/α,β-unsaturated/α-hetero) is 1. The van der Waals surface area contributed by atoms with E-state index in [-0.39, 0.29) is 48.7 Å². The molecular formula is C27H35F3N4O6S. The second-order valence-electron chi connectivity index (χ2n) is 10.9. The summed E-state index contributed by atoms with van der Waals surface area (Å²) in [5.74, 6) is -4.03. The summed E-state index contributed by atoms with van der Waals surface area (Å²) >= 11 is 0. The number of hydrogen-bond acceptors (Lipinski definition) is 8. The summed E-state index contributed by atoms with van der Waals surface area (Å²) in [6.07, 6.45) is -1.88. The van der Waals surface area contributed by atoms with Gasteiger partial charge in [-0.15, -0.1) is 0 Å². The van der Waals surface area contributed by atoms with Gasteiger partial charge in [-0.3, -0.25) is 9.59 Å². The van der Waals surface area contributed by atoms with Gasteiger partial charge >= 0.3 is 18.1 Å². The van der Waals surface area contributed by atoms with E-state index in [9.17, 15) is 36.0 Å². The van der Waals surface area contributed by atoms with Gasteiger partial charge in [-0.25, -0.2) is 13.2 Å². The molecule has 0 spiro atoms. The monoisotopic (exact) mass is 600 g/mol. The van der Waals surface area contributed by atoms with Crippen molar-refractivity contribution in [2.75, 3.05) is 33.3 Å². The predicted molar refractivity (Wildman–Crippen MR) is 142 cm³/mol. The minimum Gasteiger partial charge on any atom is -0.467 e. The molecule has 4 rings (SSSR count). The van der Waals surface area contributed by atoms with E-state index in [4.69, 9.17) is 10.5 Å². The number of alkyl halides is 3. The molecule has 0 aromatic heterocycles. The number of methoxy groups -OCH3 is 1. The average molecular weight is 601 g/mol. The Hall–Kier alpha value is -2.81. The Balaban J connectivity index is 1.72. The van der Waals surface area contributed by atoms with Crippen molar-refractivity contribution in [2.24, 2.45) is 11.7 Å². The van der Waals surface area contributed by atoms with Gasteiger partial charge in [0.25, 0.3) is 0 Å². The van der Waals surface area contributed by atoms with Crippen molar-refractivity contribution in [1.82, 2.24) is 14.5 Å². The number of nitrogens with zero attached hydrogens (tertiary/aromatic N) is 2. The van der Waals surface area contributed by atoms with Crippen molar-refractivity contribution in [3.63, 3.8) is 0 Å². The average Bonchev–Trinajstić information content (AvgIpc) is 2.94. The molecule has 1 fully saturated rings. The van der Waals surface area contributed by atoms with Gasteiger partial charge < -0.3 is 20.7 Å². The van der Waals surface area contributed by atoms with Crippen LogP contribution in [0.2, 0.25) is 0 Å². The first-order valence-electron chi connectivity index (χ1n) is 13.5. The number of piperidine rings is 1. The Labute approximate surface area is 237 Å². The van der Waals surface area contributed by atoms with E-state index < -0.39 is 52.0 Å². The molecule has 0 bridgehead atoms. The zero-order valence-electron chi connectivity index (χ0n) is 23.0. The maximum Gasteiger partial charge on any atom is 0.471 e. The molecule has 1 saturated heterocycles. The third-order valence-electron chi connectivity index (χ3n) is 8.06. The van der Waals surface area contributed by atoms with Gasteiger partial charge in [0.05, 0.1) is 18.0 Å². The SMILES string of the molecule is COC(=O)[C@]1(C(=O)C(N)CC2=CCCNC2)C[C@H](C)CCN1S(=O)(=O)c1ccc2c(c1)CN(C(=O)C(F)(F)F)CC2. The largest absolute Gasteiger partial charge is 0.471 e. The van der Waals surface area contributed by atoms with Gasteiger partial charge in [-0.05, 0) is 67.8 Å². The molecular weight excluding hydrogens is 565 g/mol. The number of carbonyl (C=O) groups excluding carboxylic acids is 3. The molecule has 14 heteroatoms. The molecule has 10 nitrogen and oxygen atoms in total. The standard InChI is InChI=1S/C27H35F3N4O6S/c1-17-7-11-34(26(14-17,25(37)40-2)23(35)22(31)12-18-4-3-9-32-15-18)41(38,39)21-6-5-19-8-10-33(16-20(19)13-21)24(36)27(28,29)30/h4-6,13,17,22,32H,3,7-12,14-16,31H2,1-2H3/t17-,22?,26-/m1/s1. The molecule has 1 amide bonds. The Morgan fingerprint density at radius 3 is 2.59 bits per heavy atom. The maximum atomic E-state index is 14.2. The highest BCUT2D eigenvalue weighted by atomic mass is 32.2. The summed E-state index contributed by atoms with van der Waals surface area (Å²) < 4.78 is 73.3. The van der Waals surface area contributed by atoms with Crippen molar-refractivity contribution >= 4 is 27.7 Å². The second-order valence-corrected chi connectivity index (χ2v) is 12.8. The zero-order chi connectivity index (χ0) is 30.2. The van der Waals surface area contributed by atoms with E-state index >= 15 is 0 Å². The molecule has 1 unspecified atom stereocenters. The number of ketones is 1. The number of benzene rings is 1. The minimum atomic E-state index is -5.06. The lowest BCUT2D eigenvalue weighted by Crippen LogP contribution is -2.68. The van der Waals surface area contributed by atoms with E-state index in [1.165, 1.54) is 18.2 Å². The number of rotatable bonds is 7. The molecule has 41 heavy (non-hydrogen) atoms. The molecule has 1 aromatic carbocycles. The lowest BCUT2D eigenvalue weighted by atomic mass is 9.76. The highest BCUT2D eigenvalue weighted by molar-refractivity contribution is 7.89. The summed E-state index contributed by atoms with van der Waals surface area (Å²) in [6, 6.07) is 2.82. The number of fused-ring (bicyclic) bond motifs is 1. The van der Waals surface area contributed by atoms with Gasteiger partial charge in [0, 0.05) is 26.2 Å². The fourth-order valence-corrected chi connectivity index (χ4v) is 7.73. The Bertz CT molecular complexity index is 1350. The molecule has 1 aromatic rings. The first-order chi connectivity index (χ1) is 19.2. The third-order valence-corrected chi connectivity index (χ3v) is 9.98. The van der Waals surface area contributed by atoms with E-state index in [1.54, 1.807) is 6.92 Å². The zero-order valence-corrected chi connectivity index (χ0v) is 23.8. The number of halogens is 3. The van der Waals surface area contributed by atoms with E-state index in [2.05, 4.69) is 5.32 Å². The number of nitrogens with one attached hydrogen (secondary N) is 1. The number of carbonyl (C=O) groups is 3. The van der Waals surface area contributed by atoms with Crippen molar-refractivity contribution < 1.29 is 40.7 Å². The van der Waals surface area contributed by atoms with Crippen LogP contribution in [-0.2, 0) is 42.1 Å². The van der Waals surface area contributed by atoms with E-state index in [0.29, 0.717) is 23.4 Å². The van der Waals surface area contributed by atoms with Crippen LogP contribution in [0.4, 0.5) is 13.2 Å². The van der Waals surface area contributed by atoms with Crippen LogP contribution in [0.25, 0.3) is 0 Å². The van der Waals surface area contributed by atoms with Crippen LogP contribution in [-0.4, -0.2) is 86.3 Å². The molecule has 3 atom stereocenters. The topological polar surface area (TPSA) is 139 Å². The van der Waals surface area contributed by atoms with E-state index in [0.717, 1.165) is 30.0 Å². The van der Waals surface area contributed by atoms with E-state index in [1.807, 2.05) is 6.08 Å². The van der Waals surface area contributed by atoms with Crippen LogP contribution in [0.5, 0.6) is 0 Å². The molecule has 0 saturated carbocycles. The van der Waals surface area contributed by atoms with Crippen molar-refractivity contribution in [2.45, 2.75) is 68.2 Å². The van der Waals surface area contributed by atoms with Gasteiger partial charge in [0.2, 0.25) is 10.0 Å². The van der Waals surface area contributed by atoms with Gasteiger partial charge in [0.15, 0.2) is 11.3 Å². The fourth-order valence-electron chi connectivity index (χ4n) is 5.95. The summed E-state index contributed by atoms with van der Waals surface area (Å²) in [5, 5.41) is 3.19. The smallest absolute Gasteiger partial charge is 0.467 e. The summed E-state index contributed by atoms with van der Waals surface area (Å²) in [4.78, 5) is 39.6. The summed E-state index contributed by atoms with van der Waals surface area (Å²) in [6.45, 7) is 2.35. The van der Waals surface area contributed by atoms with Crippen LogP contribution < -0.4 is 11.1 Å². The predicted octanol–water partition coefficient (Wildman–Crippen LogP) is 1.67. The molecule has 226 valence electrons. The van der Waals surface area contributed by atoms with Crippen LogP contribution in [0.3, 0.4) is 0 Å². The lowest BCUT2D eigenvalue weighted by molar-refractivity contribution is -0.186. The van der Waals surface area contributed by atoms with Gasteiger partial charge in [0.1, 0.15) is 0 Å². The van der Waals surface area contributed by atoms with Crippen molar-refractivity contribution in [3.05, 3.63) is 41.0 Å². The van der Waals surface area contributed by atoms with Crippen LogP contribution in [0.1, 0.15) is 43.7 Å². The first kappa shape index (κ1) is 31.1. The van der Waals surface area contributed by atoms with Crippen molar-refractivity contribution in [1.29, 1.82) is 0 Å². The third kappa shape index (κ3) is 6.06. The van der Waals surface area contributed by atoms with Crippen LogP contribution in [0, 0.1) is 5.92 Å². The lowest BCUT2D eigenvalue weighted by Gasteiger charge is -2.45. The number of esters is 1. The molecule has 0 radical (unpaired) electrons. The van der Waals surface area contributed by atoms with Gasteiger partial charge in [-0.2, -0.15) is 17.5 Å². The maximum absolute atomic E-state index is 14.2. The van der Waals surface area contributed by atoms with Crippen LogP contribution >= 0.6 is 0 Å². The van der Waals surface area contributed by atoms with Gasteiger partial charge in [-0.1, -0.05) is 24.6 Å². The highest BCUT2D eigenvalue weighted by Crippen LogP contribution is 2.40. The molecule has 3 aliphatic rings. The number of sulfonamides is 1. The Kier molecular flexibility index (Phi) is 8.98. The Morgan fingerprint density at radius 1 is 1.22 bits per heavy atom. The normalized spacial score (nSPS) is 24.7. The number of hydrogen-bond donors (Lipinski definition) is 2. The first-order valence-corrected chi connectivity index (χ1v) is 14.9. The second kappa shape index (κ2) is 11.8. The quantitative estimate of drug-likeness (QED) is 0.274. The molecule has 3 heterocycles. The Morgan fingerprint density at radius 2 is 1.95 bits per heavy atom. The van der Waals surface area contributed by atoms with Crippen molar-refractivity contribution in [3.8, 4) is 0 Å².